The van der Waals surface area contributed by atoms with Crippen LogP contribution in [0.2, 0.25) is 5.02 Å². The van der Waals surface area contributed by atoms with E-state index in [1.54, 1.807) is 42.5 Å². The van der Waals surface area contributed by atoms with Crippen LogP contribution in [0.25, 0.3) is 0 Å². The second-order valence-electron chi connectivity index (χ2n) is 8.60. The molecule has 3 rings (SSSR count). The SMILES string of the molecule is Cc1cc(N=c2n(C)c(=O)n([C@@H](CCO)C(=O)O)c(=O)n2Cc2ccc(Cl)cc2)ccc1OC(C)C. The third-order valence-corrected chi connectivity index (χ3v) is 5.73. The average Bonchev–Trinajstić information content (AvgIpc) is 2.82. The number of carbonyl (C=O) groups is 1. The predicted molar refractivity (Wildman–Crippen MR) is 135 cm³/mol. The second kappa shape index (κ2) is 11.4. The Bertz CT molecular complexity index is 1440. The summed E-state index contributed by atoms with van der Waals surface area (Å²) in [6.45, 7) is 5.19. The van der Waals surface area contributed by atoms with Gasteiger partial charge in [0.2, 0.25) is 5.62 Å². The van der Waals surface area contributed by atoms with Gasteiger partial charge >= 0.3 is 17.3 Å². The van der Waals surface area contributed by atoms with Crippen LogP contribution in [0.1, 0.15) is 37.4 Å². The third-order valence-electron chi connectivity index (χ3n) is 5.47. The van der Waals surface area contributed by atoms with E-state index in [9.17, 15) is 24.6 Å². The number of aliphatic hydroxyl groups excluding tert-OH is 1. The van der Waals surface area contributed by atoms with Crippen LogP contribution >= 0.6 is 11.6 Å². The maximum Gasteiger partial charge on any atom is 0.336 e. The number of hydrogen-bond donors (Lipinski definition) is 2. The number of aliphatic carboxylic acids is 1. The lowest BCUT2D eigenvalue weighted by molar-refractivity contribution is -0.141. The average molecular weight is 517 g/mol. The smallest absolute Gasteiger partial charge is 0.336 e. The molecule has 10 nitrogen and oxygen atoms in total. The normalized spacial score (nSPS) is 12.7. The van der Waals surface area contributed by atoms with Crippen molar-refractivity contribution in [3.63, 3.8) is 0 Å². The van der Waals surface area contributed by atoms with E-state index in [2.05, 4.69) is 4.99 Å². The lowest BCUT2D eigenvalue weighted by atomic mass is 10.2. The van der Waals surface area contributed by atoms with Crippen molar-refractivity contribution in [2.24, 2.45) is 12.0 Å². The Kier molecular flexibility index (Phi) is 8.54. The first-order chi connectivity index (χ1) is 17.0. The third kappa shape index (κ3) is 5.95. The van der Waals surface area contributed by atoms with Gasteiger partial charge in [0, 0.05) is 25.1 Å². The Labute approximate surface area is 212 Å². The number of hydrogen-bond acceptors (Lipinski definition) is 6. The van der Waals surface area contributed by atoms with E-state index in [4.69, 9.17) is 16.3 Å². The van der Waals surface area contributed by atoms with Crippen LogP contribution in [0, 0.1) is 6.92 Å². The summed E-state index contributed by atoms with van der Waals surface area (Å²) in [6, 6.07) is 10.5. The van der Waals surface area contributed by atoms with Crippen molar-refractivity contribution >= 4 is 23.3 Å². The van der Waals surface area contributed by atoms with Gasteiger partial charge in [0.1, 0.15) is 11.8 Å². The Hall–Kier alpha value is -3.63. The molecule has 0 aliphatic heterocycles. The standard InChI is InChI=1S/C25H29ClN4O6/c1-15(2)36-21-10-9-19(13-16(21)3)27-23-28(4)24(34)30(20(11-12-31)22(32)33)25(35)29(23)14-17-5-7-18(26)8-6-17/h5-10,13,15,20,31H,11-12,14H2,1-4H3,(H,32,33)/t20-/m0/s1. The van der Waals surface area contributed by atoms with Crippen LogP contribution in [0.15, 0.2) is 57.0 Å². The van der Waals surface area contributed by atoms with E-state index in [-0.39, 0.29) is 24.7 Å². The van der Waals surface area contributed by atoms with Crippen LogP contribution in [-0.2, 0) is 18.4 Å². The van der Waals surface area contributed by atoms with Crippen LogP contribution in [0.4, 0.5) is 5.69 Å². The summed E-state index contributed by atoms with van der Waals surface area (Å²) >= 11 is 5.99. The van der Waals surface area contributed by atoms with Gasteiger partial charge in [0.05, 0.1) is 18.3 Å². The highest BCUT2D eigenvalue weighted by Crippen LogP contribution is 2.24. The molecule has 0 radical (unpaired) electrons. The zero-order chi connectivity index (χ0) is 26.6. The first-order valence-electron chi connectivity index (χ1n) is 11.4. The molecular formula is C25H29ClN4O6. The Morgan fingerprint density at radius 2 is 1.78 bits per heavy atom. The van der Waals surface area contributed by atoms with Crippen LogP contribution in [-0.4, -0.2) is 42.6 Å². The van der Waals surface area contributed by atoms with Crippen molar-refractivity contribution < 1.29 is 19.7 Å². The predicted octanol–water partition coefficient (Wildman–Crippen LogP) is 2.39. The number of ether oxygens (including phenoxy) is 1. The van der Waals surface area contributed by atoms with Crippen molar-refractivity contribution in [2.75, 3.05) is 6.61 Å². The fraction of sp³-hybridized carbons (Fsp3) is 0.360. The topological polar surface area (TPSA) is 128 Å². The zero-order valence-electron chi connectivity index (χ0n) is 20.5. The molecule has 0 saturated heterocycles. The maximum absolute atomic E-state index is 13.5. The fourth-order valence-corrected chi connectivity index (χ4v) is 3.85. The van der Waals surface area contributed by atoms with Crippen molar-refractivity contribution in [1.29, 1.82) is 0 Å². The van der Waals surface area contributed by atoms with Gasteiger partial charge in [-0.3, -0.25) is 9.13 Å². The van der Waals surface area contributed by atoms with E-state index in [1.165, 1.54) is 11.6 Å². The molecular weight excluding hydrogens is 488 g/mol. The van der Waals surface area contributed by atoms with Crippen LogP contribution in [0.3, 0.4) is 0 Å². The lowest BCUT2D eigenvalue weighted by Crippen LogP contribution is -2.56. The molecule has 0 spiro atoms. The first kappa shape index (κ1) is 27.0. The maximum atomic E-state index is 13.5. The molecule has 1 atom stereocenters. The quantitative estimate of drug-likeness (QED) is 0.449. The van der Waals surface area contributed by atoms with Gasteiger partial charge in [-0.05, 0) is 62.2 Å². The Balaban J connectivity index is 2.30. The molecule has 3 aromatic rings. The molecule has 192 valence electrons. The van der Waals surface area contributed by atoms with E-state index >= 15 is 0 Å². The molecule has 0 saturated carbocycles. The number of aryl methyl sites for hydroxylation is 1. The van der Waals surface area contributed by atoms with Gasteiger partial charge in [-0.2, -0.15) is 0 Å². The number of rotatable bonds is 9. The van der Waals surface area contributed by atoms with Crippen molar-refractivity contribution in [1.82, 2.24) is 13.7 Å². The van der Waals surface area contributed by atoms with Crippen molar-refractivity contribution in [3.05, 3.63) is 85.2 Å². The summed E-state index contributed by atoms with van der Waals surface area (Å²) in [5, 5.41) is 19.5. The number of halogens is 1. The second-order valence-corrected chi connectivity index (χ2v) is 9.04. The summed E-state index contributed by atoms with van der Waals surface area (Å²) in [6.07, 6.45) is -0.319. The van der Waals surface area contributed by atoms with Crippen molar-refractivity contribution in [3.8, 4) is 5.75 Å². The highest BCUT2D eigenvalue weighted by Gasteiger charge is 2.26. The number of benzene rings is 2. The molecule has 2 aromatic carbocycles. The van der Waals surface area contributed by atoms with Gasteiger partial charge < -0.3 is 14.9 Å². The molecule has 2 N–H and O–H groups in total. The molecule has 0 aliphatic rings. The van der Waals surface area contributed by atoms with E-state index in [0.717, 1.165) is 10.1 Å². The minimum Gasteiger partial charge on any atom is -0.491 e. The molecule has 36 heavy (non-hydrogen) atoms. The van der Waals surface area contributed by atoms with Gasteiger partial charge in [-0.1, -0.05) is 23.7 Å². The van der Waals surface area contributed by atoms with Crippen molar-refractivity contribution in [2.45, 2.75) is 45.9 Å². The van der Waals surface area contributed by atoms with E-state index in [1.807, 2.05) is 20.8 Å². The monoisotopic (exact) mass is 516 g/mol. The van der Waals surface area contributed by atoms with Gasteiger partial charge in [0.15, 0.2) is 0 Å². The minimum atomic E-state index is -1.54. The first-order valence-corrected chi connectivity index (χ1v) is 11.7. The van der Waals surface area contributed by atoms with E-state index in [0.29, 0.717) is 26.6 Å². The zero-order valence-corrected chi connectivity index (χ0v) is 21.3. The Morgan fingerprint density at radius 3 is 2.33 bits per heavy atom. The summed E-state index contributed by atoms with van der Waals surface area (Å²) in [4.78, 5) is 43.2. The number of aromatic nitrogens is 3. The molecule has 0 unspecified atom stereocenters. The molecule has 1 aromatic heterocycles. The lowest BCUT2D eigenvalue weighted by Gasteiger charge is -2.18. The molecule has 11 heteroatoms. The number of nitrogens with zero attached hydrogens (tertiary/aromatic N) is 4. The molecule has 0 bridgehead atoms. The van der Waals surface area contributed by atoms with Gasteiger partial charge in [-0.25, -0.2) is 23.9 Å². The summed E-state index contributed by atoms with van der Waals surface area (Å²) in [7, 11) is 1.41. The largest absolute Gasteiger partial charge is 0.491 e. The molecule has 0 fully saturated rings. The number of aliphatic hydroxyl groups is 1. The fourth-order valence-electron chi connectivity index (χ4n) is 3.73. The summed E-state index contributed by atoms with van der Waals surface area (Å²) in [5.74, 6) is -0.710. The van der Waals surface area contributed by atoms with Crippen LogP contribution < -0.4 is 21.7 Å². The summed E-state index contributed by atoms with van der Waals surface area (Å²) < 4.78 is 8.76. The molecule has 0 aliphatic carbocycles. The molecule has 1 heterocycles. The van der Waals surface area contributed by atoms with Crippen LogP contribution in [0.5, 0.6) is 5.75 Å². The minimum absolute atomic E-state index is 0.00193. The highest BCUT2D eigenvalue weighted by molar-refractivity contribution is 6.30. The number of carboxylic acids is 1. The van der Waals surface area contributed by atoms with Gasteiger partial charge in [-0.15, -0.1) is 0 Å². The Morgan fingerprint density at radius 1 is 1.11 bits per heavy atom. The summed E-state index contributed by atoms with van der Waals surface area (Å²) in [5.41, 5.74) is 0.301. The molecule has 0 amide bonds. The van der Waals surface area contributed by atoms with Gasteiger partial charge in [0.25, 0.3) is 0 Å². The highest BCUT2D eigenvalue weighted by atomic mass is 35.5. The number of carboxylic acid groups (broad SMARTS) is 1. The van der Waals surface area contributed by atoms with E-state index < -0.39 is 30.0 Å².